The second-order valence-electron chi connectivity index (χ2n) is 10.6. The van der Waals surface area contributed by atoms with E-state index in [1.54, 1.807) is 0 Å². The molecule has 214 valence electrons. The molecule has 1 aliphatic carbocycles. The van der Waals surface area contributed by atoms with Crippen molar-refractivity contribution in [2.24, 2.45) is 11.8 Å². The normalized spacial score (nSPS) is 16.8. The molecule has 5 rings (SSSR count). The summed E-state index contributed by atoms with van der Waals surface area (Å²) in [7, 11) is 0. The number of rotatable bonds is 9. The minimum Gasteiger partial charge on any atom is -0.478 e. The van der Waals surface area contributed by atoms with E-state index >= 15 is 0 Å². The molecule has 1 saturated carbocycles. The van der Waals surface area contributed by atoms with E-state index in [0.717, 1.165) is 35.9 Å². The van der Waals surface area contributed by atoms with Crippen LogP contribution >= 0.6 is 12.4 Å². The molecule has 2 unspecified atom stereocenters. The van der Waals surface area contributed by atoms with Crippen LogP contribution in [0.5, 0.6) is 5.88 Å². The van der Waals surface area contributed by atoms with Crippen LogP contribution in [0.3, 0.4) is 0 Å². The summed E-state index contributed by atoms with van der Waals surface area (Å²) in [5, 5.41) is 7.54. The van der Waals surface area contributed by atoms with Crippen molar-refractivity contribution < 1.29 is 17.9 Å². The van der Waals surface area contributed by atoms with E-state index in [9.17, 15) is 8.78 Å². The fourth-order valence-corrected chi connectivity index (χ4v) is 5.39. The lowest BCUT2D eigenvalue weighted by Gasteiger charge is -2.19. The van der Waals surface area contributed by atoms with Crippen LogP contribution in [0.1, 0.15) is 57.0 Å². The van der Waals surface area contributed by atoms with Crippen LogP contribution in [0.15, 0.2) is 34.7 Å². The number of anilines is 2. The monoisotopic (exact) mass is 571 g/mol. The van der Waals surface area contributed by atoms with Crippen molar-refractivity contribution in [1.82, 2.24) is 15.0 Å². The lowest BCUT2D eigenvalue weighted by atomic mass is 9.94. The second-order valence-corrected chi connectivity index (χ2v) is 10.6. The maximum atomic E-state index is 14.2. The van der Waals surface area contributed by atoms with E-state index in [1.807, 2.05) is 32.9 Å². The molecule has 4 aromatic rings. The van der Waals surface area contributed by atoms with E-state index in [4.69, 9.17) is 14.1 Å². The largest absolute Gasteiger partial charge is 0.478 e. The first-order valence-corrected chi connectivity index (χ1v) is 13.6. The number of hydrogen-bond donors (Lipinski definition) is 2. The summed E-state index contributed by atoms with van der Waals surface area (Å²) in [5.41, 5.74) is 2.78. The second kappa shape index (κ2) is 12.4. The summed E-state index contributed by atoms with van der Waals surface area (Å²) in [4.78, 5) is 13.9. The fraction of sp³-hybridized carbons (Fsp3) is 0.433. The zero-order chi connectivity index (χ0) is 27.7. The highest BCUT2D eigenvalue weighted by Crippen LogP contribution is 2.39. The number of nitrogens with zero attached hydrogens (tertiary/aromatic N) is 3. The number of aryl methyl sites for hydroxylation is 2. The van der Waals surface area contributed by atoms with Gasteiger partial charge < -0.3 is 19.8 Å². The Balaban J connectivity index is 0.00000370. The van der Waals surface area contributed by atoms with Gasteiger partial charge in [0.05, 0.1) is 23.6 Å². The van der Waals surface area contributed by atoms with Gasteiger partial charge in [-0.05, 0) is 70.1 Å². The first-order valence-electron chi connectivity index (χ1n) is 13.6. The van der Waals surface area contributed by atoms with Gasteiger partial charge in [0.25, 0.3) is 0 Å². The maximum absolute atomic E-state index is 14.2. The molecule has 10 heteroatoms. The quantitative estimate of drug-likeness (QED) is 0.211. The van der Waals surface area contributed by atoms with Crippen molar-refractivity contribution in [3.8, 4) is 17.2 Å². The number of furan rings is 1. The molecule has 0 radical (unpaired) electrons. The van der Waals surface area contributed by atoms with Gasteiger partial charge in [0.1, 0.15) is 23.2 Å². The zero-order valence-electron chi connectivity index (χ0n) is 23.5. The first-order chi connectivity index (χ1) is 18.7. The van der Waals surface area contributed by atoms with Crippen molar-refractivity contribution in [3.05, 3.63) is 58.9 Å². The molecule has 7 nitrogen and oxygen atoms in total. The van der Waals surface area contributed by atoms with Gasteiger partial charge in [-0.2, -0.15) is 4.98 Å². The molecule has 0 bridgehead atoms. The van der Waals surface area contributed by atoms with E-state index < -0.39 is 11.6 Å². The van der Waals surface area contributed by atoms with Crippen LogP contribution in [-0.4, -0.2) is 27.6 Å². The SMILES string of the molecule is CCOc1cc2cc(-c3c(C)nc(NCc4c(F)cccc4F)nc3NC3CCC(C(C)C)C3)oc2c(C)n1.Cl. The number of fused-ring (bicyclic) bond motifs is 1. The van der Waals surface area contributed by atoms with Gasteiger partial charge in [0.2, 0.25) is 11.8 Å². The molecule has 0 aliphatic heterocycles. The summed E-state index contributed by atoms with van der Waals surface area (Å²) in [6.45, 7) is 10.7. The maximum Gasteiger partial charge on any atom is 0.225 e. The van der Waals surface area contributed by atoms with Crippen LogP contribution in [0.25, 0.3) is 22.3 Å². The molecule has 2 N–H and O–H groups in total. The standard InChI is InChI=1S/C30H35F2N5O2.ClH/c1-6-38-26-14-20-13-25(39-28(20)18(5)34-26)27-17(4)35-30(33-15-22-23(31)8-7-9-24(22)32)37-29(27)36-21-11-10-19(12-21)16(2)3;/h7-9,13-14,16,19,21H,6,10-12,15H2,1-5H3,(H2,33,35,36,37);1H. The van der Waals surface area contributed by atoms with Crippen LogP contribution < -0.4 is 15.4 Å². The van der Waals surface area contributed by atoms with Gasteiger partial charge in [-0.3, -0.25) is 0 Å². The minimum absolute atomic E-state index is 0. The number of halogens is 3. The van der Waals surface area contributed by atoms with E-state index in [0.29, 0.717) is 47.2 Å². The lowest BCUT2D eigenvalue weighted by Crippen LogP contribution is -2.19. The highest BCUT2D eigenvalue weighted by atomic mass is 35.5. The van der Waals surface area contributed by atoms with Crippen molar-refractivity contribution in [3.63, 3.8) is 0 Å². The predicted octanol–water partition coefficient (Wildman–Crippen LogP) is 7.85. The third kappa shape index (κ3) is 6.14. The van der Waals surface area contributed by atoms with Gasteiger partial charge in [-0.15, -0.1) is 12.4 Å². The Bertz CT molecular complexity index is 1470. The number of pyridine rings is 1. The number of benzene rings is 1. The van der Waals surface area contributed by atoms with Crippen LogP contribution in [0, 0.1) is 37.3 Å². The molecular weight excluding hydrogens is 536 g/mol. The highest BCUT2D eigenvalue weighted by molar-refractivity contribution is 5.88. The molecule has 2 atom stereocenters. The summed E-state index contributed by atoms with van der Waals surface area (Å²) in [5.74, 6) is 2.11. The van der Waals surface area contributed by atoms with Crippen molar-refractivity contribution >= 4 is 35.1 Å². The summed E-state index contributed by atoms with van der Waals surface area (Å²) < 4.78 is 40.4. The average molecular weight is 572 g/mol. The molecular formula is C30H36ClF2N5O2. The van der Waals surface area contributed by atoms with Crippen LogP contribution in [-0.2, 0) is 6.54 Å². The average Bonchev–Trinajstić information content (AvgIpc) is 3.51. The van der Waals surface area contributed by atoms with E-state index in [-0.39, 0.29) is 36.5 Å². The molecule has 0 amide bonds. The number of hydrogen-bond acceptors (Lipinski definition) is 7. The zero-order valence-corrected chi connectivity index (χ0v) is 24.3. The van der Waals surface area contributed by atoms with E-state index in [1.165, 1.54) is 18.2 Å². The third-order valence-electron chi connectivity index (χ3n) is 7.52. The fourth-order valence-electron chi connectivity index (χ4n) is 5.39. The van der Waals surface area contributed by atoms with Gasteiger partial charge >= 0.3 is 0 Å². The Morgan fingerprint density at radius 1 is 1.05 bits per heavy atom. The highest BCUT2D eigenvalue weighted by Gasteiger charge is 2.29. The molecule has 3 heterocycles. The molecule has 40 heavy (non-hydrogen) atoms. The smallest absolute Gasteiger partial charge is 0.225 e. The first kappa shape index (κ1) is 29.5. The van der Waals surface area contributed by atoms with Crippen molar-refractivity contribution in [2.45, 2.75) is 66.5 Å². The van der Waals surface area contributed by atoms with Gasteiger partial charge in [0, 0.05) is 29.6 Å². The Hall–Kier alpha value is -3.46. The predicted molar refractivity (Wildman–Crippen MR) is 156 cm³/mol. The van der Waals surface area contributed by atoms with Gasteiger partial charge in [0.15, 0.2) is 5.58 Å². The topological polar surface area (TPSA) is 85.1 Å². The summed E-state index contributed by atoms with van der Waals surface area (Å²) in [6.07, 6.45) is 3.24. The molecule has 3 aromatic heterocycles. The summed E-state index contributed by atoms with van der Waals surface area (Å²) in [6, 6.07) is 7.90. The third-order valence-corrected chi connectivity index (χ3v) is 7.52. The molecule has 0 saturated heterocycles. The number of nitrogens with one attached hydrogen (secondary N) is 2. The van der Waals surface area contributed by atoms with Crippen molar-refractivity contribution in [2.75, 3.05) is 17.2 Å². The van der Waals surface area contributed by atoms with Gasteiger partial charge in [-0.25, -0.2) is 18.7 Å². The van der Waals surface area contributed by atoms with Gasteiger partial charge in [-0.1, -0.05) is 19.9 Å². The number of ether oxygens (including phenoxy) is 1. The lowest BCUT2D eigenvalue weighted by molar-refractivity contribution is 0.326. The Morgan fingerprint density at radius 2 is 1.80 bits per heavy atom. The molecule has 1 fully saturated rings. The molecule has 0 spiro atoms. The Labute approximate surface area is 239 Å². The van der Waals surface area contributed by atoms with Crippen LogP contribution in [0.4, 0.5) is 20.5 Å². The van der Waals surface area contributed by atoms with E-state index in [2.05, 4.69) is 34.4 Å². The van der Waals surface area contributed by atoms with Crippen LogP contribution in [0.2, 0.25) is 0 Å². The molecule has 1 aromatic carbocycles. The minimum atomic E-state index is -0.613. The number of aromatic nitrogens is 3. The van der Waals surface area contributed by atoms with Crippen molar-refractivity contribution in [1.29, 1.82) is 0 Å². The Kier molecular flexibility index (Phi) is 9.13. The molecule has 1 aliphatic rings. The summed E-state index contributed by atoms with van der Waals surface area (Å²) >= 11 is 0. The Morgan fingerprint density at radius 3 is 2.48 bits per heavy atom.